The highest BCUT2D eigenvalue weighted by atomic mass is 35.5. The van der Waals surface area contributed by atoms with Crippen LogP contribution in [0.2, 0.25) is 5.02 Å². The van der Waals surface area contributed by atoms with Crippen LogP contribution >= 0.6 is 11.6 Å². The van der Waals surface area contributed by atoms with E-state index in [1.807, 2.05) is 0 Å². The third-order valence-corrected chi connectivity index (χ3v) is 3.18. The molecule has 2 aromatic carbocycles. The molecule has 0 spiro atoms. The number of Topliss-reactive ketones (excluding diaryl/α,β-unsaturated/α-hetero) is 1. The molecule has 0 fully saturated rings. The number of carbonyl (C=O) groups is 1. The Labute approximate surface area is 126 Å². The van der Waals surface area contributed by atoms with Gasteiger partial charge in [0.25, 0.3) is 0 Å². The van der Waals surface area contributed by atoms with Crippen LogP contribution in [0.5, 0.6) is 5.75 Å². The molecule has 6 heteroatoms. The zero-order valence-electron chi connectivity index (χ0n) is 11.2. The number of nitro benzene ring substituents is 1. The first kappa shape index (κ1) is 15.0. The molecule has 0 N–H and O–H groups in total. The van der Waals surface area contributed by atoms with Gasteiger partial charge in [-0.05, 0) is 23.8 Å². The summed E-state index contributed by atoms with van der Waals surface area (Å²) >= 11 is 5.87. The standard InChI is InChI=1S/C15H12ClNO4/c1-21-15-12(6-3-7-13(15)17(19)20)14(18)9-10-4-2-5-11(16)8-10/h2-8H,9H2,1H3. The van der Waals surface area contributed by atoms with Crippen molar-refractivity contribution in [3.05, 3.63) is 68.7 Å². The predicted octanol–water partition coefficient (Wildman–Crippen LogP) is 3.68. The van der Waals surface area contributed by atoms with E-state index >= 15 is 0 Å². The fourth-order valence-electron chi connectivity index (χ4n) is 2.03. The Balaban J connectivity index is 2.35. The largest absolute Gasteiger partial charge is 0.490 e. The van der Waals surface area contributed by atoms with Gasteiger partial charge in [-0.2, -0.15) is 0 Å². The number of hydrogen-bond donors (Lipinski definition) is 0. The van der Waals surface area contributed by atoms with Crippen molar-refractivity contribution in [1.29, 1.82) is 0 Å². The van der Waals surface area contributed by atoms with E-state index in [1.165, 1.54) is 25.3 Å². The summed E-state index contributed by atoms with van der Waals surface area (Å²) in [6, 6.07) is 11.2. The molecular formula is C15H12ClNO4. The van der Waals surface area contributed by atoms with Crippen molar-refractivity contribution in [3.8, 4) is 5.75 Å². The van der Waals surface area contributed by atoms with Crippen LogP contribution in [0.15, 0.2) is 42.5 Å². The number of rotatable bonds is 5. The van der Waals surface area contributed by atoms with Gasteiger partial charge in [-0.1, -0.05) is 29.8 Å². The molecule has 108 valence electrons. The number of methoxy groups -OCH3 is 1. The highest BCUT2D eigenvalue weighted by Gasteiger charge is 2.22. The molecule has 0 aliphatic carbocycles. The third kappa shape index (κ3) is 3.38. The molecule has 2 rings (SSSR count). The summed E-state index contributed by atoms with van der Waals surface area (Å²) in [4.78, 5) is 22.7. The maximum absolute atomic E-state index is 12.3. The Morgan fingerprint density at radius 3 is 2.62 bits per heavy atom. The molecule has 5 nitrogen and oxygen atoms in total. The minimum atomic E-state index is -0.574. The highest BCUT2D eigenvalue weighted by molar-refractivity contribution is 6.30. The Morgan fingerprint density at radius 1 is 1.29 bits per heavy atom. The third-order valence-electron chi connectivity index (χ3n) is 2.95. The average molecular weight is 306 g/mol. The van der Waals surface area contributed by atoms with Crippen LogP contribution in [-0.4, -0.2) is 17.8 Å². The monoisotopic (exact) mass is 305 g/mol. The summed E-state index contributed by atoms with van der Waals surface area (Å²) in [5, 5.41) is 11.5. The second kappa shape index (κ2) is 6.37. The van der Waals surface area contributed by atoms with Crippen molar-refractivity contribution in [1.82, 2.24) is 0 Å². The first-order chi connectivity index (χ1) is 10.0. The quantitative estimate of drug-likeness (QED) is 0.480. The van der Waals surface area contributed by atoms with E-state index in [0.29, 0.717) is 5.02 Å². The van der Waals surface area contributed by atoms with E-state index in [2.05, 4.69) is 0 Å². The lowest BCUT2D eigenvalue weighted by atomic mass is 10.0. The second-order valence-electron chi connectivity index (χ2n) is 4.34. The van der Waals surface area contributed by atoms with Gasteiger partial charge in [0.1, 0.15) is 0 Å². The van der Waals surface area contributed by atoms with Gasteiger partial charge in [-0.25, -0.2) is 0 Å². The van der Waals surface area contributed by atoms with Gasteiger partial charge in [0.2, 0.25) is 5.75 Å². The molecule has 0 aromatic heterocycles. The summed E-state index contributed by atoms with van der Waals surface area (Å²) in [6.45, 7) is 0. The number of nitro groups is 1. The van der Waals surface area contributed by atoms with Crippen LogP contribution in [-0.2, 0) is 6.42 Å². The molecule has 0 bridgehead atoms. The summed E-state index contributed by atoms with van der Waals surface area (Å²) in [5.74, 6) is -0.285. The first-order valence-corrected chi connectivity index (χ1v) is 6.49. The molecule has 0 saturated carbocycles. The van der Waals surface area contributed by atoms with Crippen LogP contribution in [0, 0.1) is 10.1 Å². The van der Waals surface area contributed by atoms with Crippen LogP contribution < -0.4 is 4.74 Å². The van der Waals surface area contributed by atoms with E-state index < -0.39 is 4.92 Å². The second-order valence-corrected chi connectivity index (χ2v) is 4.78. The summed E-state index contributed by atoms with van der Waals surface area (Å²) in [5.41, 5.74) is 0.696. The summed E-state index contributed by atoms with van der Waals surface area (Å²) in [7, 11) is 1.30. The Morgan fingerprint density at radius 2 is 2.00 bits per heavy atom. The van der Waals surface area contributed by atoms with Crippen LogP contribution in [0.4, 0.5) is 5.69 Å². The van der Waals surface area contributed by atoms with Crippen molar-refractivity contribution in [2.45, 2.75) is 6.42 Å². The molecule has 0 saturated heterocycles. The molecule has 0 aliphatic heterocycles. The maximum atomic E-state index is 12.3. The number of para-hydroxylation sites is 1. The Hall–Kier alpha value is -2.40. The smallest absolute Gasteiger partial charge is 0.311 e. The van der Waals surface area contributed by atoms with Crippen LogP contribution in [0.1, 0.15) is 15.9 Å². The number of hydrogen-bond acceptors (Lipinski definition) is 4. The molecule has 2 aromatic rings. The summed E-state index contributed by atoms with van der Waals surface area (Å²) in [6.07, 6.45) is 0.0953. The molecule has 0 amide bonds. The van der Waals surface area contributed by atoms with Crippen molar-refractivity contribution in [2.75, 3.05) is 7.11 Å². The Kier molecular flexibility index (Phi) is 4.55. The lowest BCUT2D eigenvalue weighted by Crippen LogP contribution is -2.07. The molecule has 0 radical (unpaired) electrons. The minimum absolute atomic E-state index is 0.0190. The molecule has 21 heavy (non-hydrogen) atoms. The van der Waals surface area contributed by atoms with E-state index in [9.17, 15) is 14.9 Å². The lowest BCUT2D eigenvalue weighted by Gasteiger charge is -2.08. The van der Waals surface area contributed by atoms with Gasteiger partial charge < -0.3 is 4.74 Å². The zero-order valence-corrected chi connectivity index (χ0v) is 12.0. The minimum Gasteiger partial charge on any atom is -0.490 e. The van der Waals surface area contributed by atoms with Crippen LogP contribution in [0.3, 0.4) is 0 Å². The van der Waals surface area contributed by atoms with Gasteiger partial charge in [0.05, 0.1) is 17.6 Å². The number of ether oxygens (including phenoxy) is 1. The van der Waals surface area contributed by atoms with Gasteiger partial charge in [-0.15, -0.1) is 0 Å². The molecular weight excluding hydrogens is 294 g/mol. The Bertz CT molecular complexity index is 700. The van der Waals surface area contributed by atoms with E-state index in [-0.39, 0.29) is 29.2 Å². The maximum Gasteiger partial charge on any atom is 0.311 e. The van der Waals surface area contributed by atoms with E-state index in [4.69, 9.17) is 16.3 Å². The molecule has 0 unspecified atom stereocenters. The van der Waals surface area contributed by atoms with E-state index in [0.717, 1.165) is 5.56 Å². The van der Waals surface area contributed by atoms with Crippen molar-refractivity contribution in [3.63, 3.8) is 0 Å². The fraction of sp³-hybridized carbons (Fsp3) is 0.133. The number of halogens is 1. The number of nitrogens with zero attached hydrogens (tertiary/aromatic N) is 1. The topological polar surface area (TPSA) is 69.4 Å². The number of ketones is 1. The zero-order chi connectivity index (χ0) is 15.4. The molecule has 0 heterocycles. The normalized spacial score (nSPS) is 10.2. The van der Waals surface area contributed by atoms with Crippen LogP contribution in [0.25, 0.3) is 0 Å². The average Bonchev–Trinajstić information content (AvgIpc) is 2.46. The van der Waals surface area contributed by atoms with Crippen molar-refractivity contribution in [2.24, 2.45) is 0 Å². The lowest BCUT2D eigenvalue weighted by molar-refractivity contribution is -0.385. The number of carbonyl (C=O) groups excluding carboxylic acids is 1. The first-order valence-electron chi connectivity index (χ1n) is 6.12. The van der Waals surface area contributed by atoms with E-state index in [1.54, 1.807) is 24.3 Å². The van der Waals surface area contributed by atoms with Gasteiger partial charge in [-0.3, -0.25) is 14.9 Å². The van der Waals surface area contributed by atoms with Gasteiger partial charge >= 0.3 is 5.69 Å². The number of benzene rings is 2. The van der Waals surface area contributed by atoms with Gasteiger partial charge in [0, 0.05) is 17.5 Å². The molecule has 0 atom stereocenters. The highest BCUT2D eigenvalue weighted by Crippen LogP contribution is 2.31. The predicted molar refractivity (Wildman–Crippen MR) is 79.1 cm³/mol. The van der Waals surface area contributed by atoms with Gasteiger partial charge in [0.15, 0.2) is 5.78 Å². The summed E-state index contributed by atoms with van der Waals surface area (Å²) < 4.78 is 5.03. The SMILES string of the molecule is COc1c(C(=O)Cc2cccc(Cl)c2)cccc1[N+](=O)[O-]. The fourth-order valence-corrected chi connectivity index (χ4v) is 2.24. The van der Waals surface area contributed by atoms with Crippen molar-refractivity contribution < 1.29 is 14.5 Å². The molecule has 0 aliphatic rings. The van der Waals surface area contributed by atoms with Crippen molar-refractivity contribution >= 4 is 23.1 Å².